The molecule has 1 amide bonds. The Labute approximate surface area is 150 Å². The van der Waals surface area contributed by atoms with Gasteiger partial charge in [-0.2, -0.15) is 4.31 Å². The average molecular weight is 365 g/mol. The molecule has 0 atom stereocenters. The van der Waals surface area contributed by atoms with E-state index in [1.54, 1.807) is 16.4 Å². The van der Waals surface area contributed by atoms with Gasteiger partial charge in [-0.3, -0.25) is 4.79 Å². The van der Waals surface area contributed by atoms with Gasteiger partial charge in [0.25, 0.3) is 0 Å². The Hall–Kier alpha value is -1.44. The number of piperazine rings is 1. The van der Waals surface area contributed by atoms with Gasteiger partial charge in [0, 0.05) is 45.7 Å². The molecule has 0 aliphatic carbocycles. The summed E-state index contributed by atoms with van der Waals surface area (Å²) in [5.74, 6) is 0.173. The lowest BCUT2D eigenvalue weighted by molar-refractivity contribution is -0.131. The summed E-state index contributed by atoms with van der Waals surface area (Å²) in [5, 5.41) is 3.24. The molecule has 0 bridgehead atoms. The van der Waals surface area contributed by atoms with Crippen LogP contribution in [0.5, 0.6) is 0 Å². The number of aryl methyl sites for hydroxylation is 1. The minimum absolute atomic E-state index is 0.173. The van der Waals surface area contributed by atoms with E-state index in [1.807, 2.05) is 17.0 Å². The number of piperidine rings is 1. The van der Waals surface area contributed by atoms with Crippen LogP contribution in [0.3, 0.4) is 0 Å². The van der Waals surface area contributed by atoms with E-state index in [0.717, 1.165) is 51.0 Å². The Balaban J connectivity index is 1.57. The van der Waals surface area contributed by atoms with Crippen molar-refractivity contribution in [1.82, 2.24) is 14.5 Å². The predicted octanol–water partition coefficient (Wildman–Crippen LogP) is 1.23. The molecule has 2 aliphatic rings. The first-order chi connectivity index (χ1) is 12.1. The third kappa shape index (κ3) is 4.59. The maximum atomic E-state index is 12.6. The summed E-state index contributed by atoms with van der Waals surface area (Å²) in [6.07, 6.45) is 4.09. The molecule has 1 N–H and O–H groups in total. The number of sulfonamides is 1. The van der Waals surface area contributed by atoms with Crippen LogP contribution in [0.15, 0.2) is 29.2 Å². The number of hydrogen-bond donors (Lipinski definition) is 1. The van der Waals surface area contributed by atoms with Gasteiger partial charge >= 0.3 is 0 Å². The van der Waals surface area contributed by atoms with Crippen LogP contribution in [-0.4, -0.2) is 62.8 Å². The van der Waals surface area contributed by atoms with Gasteiger partial charge in [0.2, 0.25) is 15.9 Å². The van der Waals surface area contributed by atoms with Crippen molar-refractivity contribution in [3.05, 3.63) is 29.8 Å². The van der Waals surface area contributed by atoms with Crippen molar-refractivity contribution in [2.75, 3.05) is 39.3 Å². The number of amides is 1. The van der Waals surface area contributed by atoms with Crippen LogP contribution in [0.1, 0.15) is 31.2 Å². The van der Waals surface area contributed by atoms with Crippen molar-refractivity contribution in [2.45, 2.75) is 37.0 Å². The highest BCUT2D eigenvalue weighted by Crippen LogP contribution is 2.21. The highest BCUT2D eigenvalue weighted by atomic mass is 32.2. The van der Waals surface area contributed by atoms with Gasteiger partial charge in [-0.05, 0) is 37.0 Å². The first-order valence-corrected chi connectivity index (χ1v) is 10.6. The zero-order valence-corrected chi connectivity index (χ0v) is 15.4. The number of nitrogens with zero attached hydrogens (tertiary/aromatic N) is 2. The van der Waals surface area contributed by atoms with Crippen LogP contribution in [0.4, 0.5) is 0 Å². The number of hydrogen-bond acceptors (Lipinski definition) is 4. The molecule has 0 saturated carbocycles. The molecule has 3 rings (SSSR count). The standard InChI is InChI=1S/C18H27N3O3S/c22-18(20-14-10-19-11-15-20)9-6-16-4-7-17(8-5-16)25(23,24)21-12-2-1-3-13-21/h4-5,7-8,19H,1-3,6,9-15H2. The summed E-state index contributed by atoms with van der Waals surface area (Å²) >= 11 is 0. The molecule has 138 valence electrons. The second-order valence-corrected chi connectivity index (χ2v) is 8.68. The van der Waals surface area contributed by atoms with Crippen LogP contribution in [0.25, 0.3) is 0 Å². The van der Waals surface area contributed by atoms with Crippen molar-refractivity contribution in [2.24, 2.45) is 0 Å². The SMILES string of the molecule is O=C(CCc1ccc(S(=O)(=O)N2CCCCC2)cc1)N1CCNCC1. The van der Waals surface area contributed by atoms with Gasteiger partial charge in [-0.15, -0.1) is 0 Å². The minimum atomic E-state index is -3.38. The molecule has 25 heavy (non-hydrogen) atoms. The third-order valence-electron chi connectivity index (χ3n) is 4.97. The fraction of sp³-hybridized carbons (Fsp3) is 0.611. The van der Waals surface area contributed by atoms with Crippen molar-refractivity contribution in [3.8, 4) is 0 Å². The molecular weight excluding hydrogens is 338 g/mol. The first-order valence-electron chi connectivity index (χ1n) is 9.15. The van der Waals surface area contributed by atoms with Crippen molar-refractivity contribution < 1.29 is 13.2 Å². The maximum Gasteiger partial charge on any atom is 0.243 e. The lowest BCUT2D eigenvalue weighted by Crippen LogP contribution is -2.46. The predicted molar refractivity (Wildman–Crippen MR) is 96.8 cm³/mol. The van der Waals surface area contributed by atoms with E-state index >= 15 is 0 Å². The van der Waals surface area contributed by atoms with Crippen molar-refractivity contribution >= 4 is 15.9 Å². The number of nitrogens with one attached hydrogen (secondary N) is 1. The number of carbonyl (C=O) groups is 1. The summed E-state index contributed by atoms with van der Waals surface area (Å²) in [7, 11) is -3.38. The molecular formula is C18H27N3O3S. The highest BCUT2D eigenvalue weighted by molar-refractivity contribution is 7.89. The minimum Gasteiger partial charge on any atom is -0.340 e. The Morgan fingerprint density at radius 1 is 0.960 bits per heavy atom. The molecule has 0 unspecified atom stereocenters. The Bertz CT molecular complexity index is 676. The van der Waals surface area contributed by atoms with E-state index in [2.05, 4.69) is 5.32 Å². The molecule has 2 heterocycles. The molecule has 2 fully saturated rings. The molecule has 2 aliphatic heterocycles. The Morgan fingerprint density at radius 3 is 2.24 bits per heavy atom. The fourth-order valence-corrected chi connectivity index (χ4v) is 4.92. The summed E-state index contributed by atoms with van der Waals surface area (Å²) in [4.78, 5) is 14.4. The summed E-state index contributed by atoms with van der Waals surface area (Å²) in [6, 6.07) is 7.02. The Kier molecular flexibility index (Phi) is 6.09. The van der Waals surface area contributed by atoms with Crippen LogP contribution in [0, 0.1) is 0 Å². The second kappa shape index (κ2) is 8.29. The fourth-order valence-electron chi connectivity index (χ4n) is 3.41. The van der Waals surface area contributed by atoms with Crippen molar-refractivity contribution in [3.63, 3.8) is 0 Å². The zero-order valence-electron chi connectivity index (χ0n) is 14.6. The van der Waals surface area contributed by atoms with E-state index in [4.69, 9.17) is 0 Å². The monoisotopic (exact) mass is 365 g/mol. The van der Waals surface area contributed by atoms with Crippen LogP contribution in [-0.2, 0) is 21.2 Å². The zero-order chi connectivity index (χ0) is 17.7. The van der Waals surface area contributed by atoms with Crippen LogP contribution >= 0.6 is 0 Å². The topological polar surface area (TPSA) is 69.7 Å². The molecule has 2 saturated heterocycles. The molecule has 0 radical (unpaired) electrons. The largest absolute Gasteiger partial charge is 0.340 e. The first kappa shape index (κ1) is 18.4. The maximum absolute atomic E-state index is 12.6. The normalized spacial score (nSPS) is 19.8. The van der Waals surface area contributed by atoms with E-state index in [9.17, 15) is 13.2 Å². The molecule has 1 aromatic rings. The summed E-state index contributed by atoms with van der Waals surface area (Å²) in [5.41, 5.74) is 1.00. The molecule has 7 heteroatoms. The molecule has 6 nitrogen and oxygen atoms in total. The van der Waals surface area contributed by atoms with Gasteiger partial charge in [0.1, 0.15) is 0 Å². The van der Waals surface area contributed by atoms with E-state index < -0.39 is 10.0 Å². The van der Waals surface area contributed by atoms with Crippen LogP contribution < -0.4 is 5.32 Å². The van der Waals surface area contributed by atoms with Gasteiger partial charge in [-0.1, -0.05) is 18.6 Å². The van der Waals surface area contributed by atoms with Gasteiger partial charge in [-0.25, -0.2) is 8.42 Å². The van der Waals surface area contributed by atoms with E-state index in [0.29, 0.717) is 30.8 Å². The second-order valence-electron chi connectivity index (χ2n) is 6.74. The van der Waals surface area contributed by atoms with Gasteiger partial charge in [0.15, 0.2) is 0 Å². The van der Waals surface area contributed by atoms with Crippen molar-refractivity contribution in [1.29, 1.82) is 0 Å². The third-order valence-corrected chi connectivity index (χ3v) is 6.89. The lowest BCUT2D eigenvalue weighted by atomic mass is 10.1. The smallest absolute Gasteiger partial charge is 0.243 e. The number of benzene rings is 1. The molecule has 0 spiro atoms. The molecule has 0 aromatic heterocycles. The van der Waals surface area contributed by atoms with Gasteiger partial charge in [0.05, 0.1) is 4.90 Å². The Morgan fingerprint density at radius 2 is 1.60 bits per heavy atom. The van der Waals surface area contributed by atoms with E-state index in [-0.39, 0.29) is 5.91 Å². The summed E-state index contributed by atoms with van der Waals surface area (Å²) in [6.45, 7) is 4.48. The quantitative estimate of drug-likeness (QED) is 0.852. The van der Waals surface area contributed by atoms with E-state index in [1.165, 1.54) is 0 Å². The lowest BCUT2D eigenvalue weighted by Gasteiger charge is -2.27. The van der Waals surface area contributed by atoms with Crippen LogP contribution in [0.2, 0.25) is 0 Å². The molecule has 1 aromatic carbocycles. The number of carbonyl (C=O) groups excluding carboxylic acids is 1. The van der Waals surface area contributed by atoms with Gasteiger partial charge < -0.3 is 10.2 Å². The highest BCUT2D eigenvalue weighted by Gasteiger charge is 2.25. The average Bonchev–Trinajstić information content (AvgIpc) is 2.68. The number of rotatable bonds is 5. The summed E-state index contributed by atoms with van der Waals surface area (Å²) < 4.78 is 26.8.